The molecule has 0 saturated heterocycles. The van der Waals surface area contributed by atoms with Crippen LogP contribution in [0.4, 0.5) is 0 Å². The number of allylic oxidation sites excluding steroid dienone is 2. The van der Waals surface area contributed by atoms with Gasteiger partial charge in [-0.05, 0) is 38.2 Å². The Morgan fingerprint density at radius 1 is 1.50 bits per heavy atom. The number of carbonyl (C=O) groups excluding carboxylic acids is 1. The summed E-state index contributed by atoms with van der Waals surface area (Å²) in [6, 6.07) is 1.87. The summed E-state index contributed by atoms with van der Waals surface area (Å²) < 4.78 is 11.0. The van der Waals surface area contributed by atoms with Gasteiger partial charge in [0.1, 0.15) is 18.1 Å². The number of esters is 1. The highest BCUT2D eigenvalue weighted by Gasteiger charge is 2.61. The van der Waals surface area contributed by atoms with Crippen LogP contribution in [0.3, 0.4) is 0 Å². The van der Waals surface area contributed by atoms with Crippen LogP contribution in [0.15, 0.2) is 22.1 Å². The summed E-state index contributed by atoms with van der Waals surface area (Å²) in [5.74, 6) is 4.12. The average Bonchev–Trinajstić information content (AvgIpc) is 2.75. The first-order chi connectivity index (χ1) is 10.3. The van der Waals surface area contributed by atoms with Gasteiger partial charge in [0, 0.05) is 5.56 Å². The Hall–Kier alpha value is -1.95. The summed E-state index contributed by atoms with van der Waals surface area (Å²) >= 11 is 0. The Kier molecular flexibility index (Phi) is 4.51. The zero-order valence-corrected chi connectivity index (χ0v) is 14.0. The van der Waals surface area contributed by atoms with Crippen molar-refractivity contribution in [2.24, 2.45) is 17.3 Å². The maximum Gasteiger partial charge on any atom is 0.310 e. The largest absolute Gasteiger partial charge is 0.465 e. The molecule has 0 unspecified atom stereocenters. The molecular formula is C19H24O3. The molecule has 0 radical (unpaired) electrons. The molecule has 1 aromatic heterocycles. The second-order valence-corrected chi connectivity index (χ2v) is 6.85. The number of rotatable bonds is 5. The van der Waals surface area contributed by atoms with E-state index < -0.39 is 0 Å². The molecule has 1 aliphatic carbocycles. The van der Waals surface area contributed by atoms with Crippen molar-refractivity contribution < 1.29 is 13.9 Å². The van der Waals surface area contributed by atoms with Crippen LogP contribution in [0.2, 0.25) is 0 Å². The minimum Gasteiger partial charge on any atom is -0.465 e. The van der Waals surface area contributed by atoms with Gasteiger partial charge in [0.15, 0.2) is 0 Å². The lowest BCUT2D eigenvalue weighted by atomic mass is 10.1. The fraction of sp³-hybridized carbons (Fsp3) is 0.526. The number of furan rings is 1. The van der Waals surface area contributed by atoms with Crippen LogP contribution in [-0.4, -0.2) is 5.97 Å². The van der Waals surface area contributed by atoms with Crippen molar-refractivity contribution >= 4 is 5.97 Å². The number of carbonyl (C=O) groups is 1. The molecular weight excluding hydrogens is 276 g/mol. The zero-order valence-electron chi connectivity index (χ0n) is 14.0. The third-order valence-corrected chi connectivity index (χ3v) is 4.40. The number of hydrogen-bond donors (Lipinski definition) is 0. The fourth-order valence-electron chi connectivity index (χ4n) is 2.96. The monoisotopic (exact) mass is 300 g/mol. The normalized spacial score (nSPS) is 21.8. The molecule has 2 atom stereocenters. The van der Waals surface area contributed by atoms with Crippen LogP contribution in [-0.2, 0) is 22.6 Å². The molecule has 1 aromatic rings. The second kappa shape index (κ2) is 6.04. The Morgan fingerprint density at radius 3 is 2.77 bits per heavy atom. The zero-order chi connectivity index (χ0) is 16.5. The summed E-state index contributed by atoms with van der Waals surface area (Å²) in [6.45, 7) is 10.4. The quantitative estimate of drug-likeness (QED) is 0.468. The first kappa shape index (κ1) is 16.4. The summed E-state index contributed by atoms with van der Waals surface area (Å²) in [6.07, 6.45) is 7.89. The number of hydrogen-bond acceptors (Lipinski definition) is 3. The molecule has 1 heterocycles. The minimum absolute atomic E-state index is 0.0194. The van der Waals surface area contributed by atoms with Crippen LogP contribution in [0.25, 0.3) is 0 Å². The van der Waals surface area contributed by atoms with E-state index in [-0.39, 0.29) is 29.8 Å². The number of ether oxygens (including phenoxy) is 1. The molecule has 118 valence electrons. The van der Waals surface area contributed by atoms with Gasteiger partial charge < -0.3 is 9.15 Å². The molecule has 1 saturated carbocycles. The molecule has 0 aromatic carbocycles. The lowest BCUT2D eigenvalue weighted by Gasteiger charge is -2.04. The third-order valence-electron chi connectivity index (χ3n) is 4.40. The van der Waals surface area contributed by atoms with E-state index in [0.29, 0.717) is 6.42 Å². The SMILES string of the molecule is C#CCc1cc(COC(=O)[C@@H]2[C@H](C=C(C)C)C2(C)C)c(C)o1. The van der Waals surface area contributed by atoms with Crippen molar-refractivity contribution in [3.8, 4) is 12.3 Å². The van der Waals surface area contributed by atoms with Gasteiger partial charge in [-0.15, -0.1) is 6.42 Å². The van der Waals surface area contributed by atoms with Gasteiger partial charge in [0.25, 0.3) is 0 Å². The average molecular weight is 300 g/mol. The van der Waals surface area contributed by atoms with Crippen LogP contribution < -0.4 is 0 Å². The van der Waals surface area contributed by atoms with E-state index in [1.807, 2.05) is 13.0 Å². The Labute approximate surface area is 132 Å². The molecule has 0 amide bonds. The molecule has 0 aliphatic heterocycles. The van der Waals surface area contributed by atoms with Crippen molar-refractivity contribution in [1.82, 2.24) is 0 Å². The van der Waals surface area contributed by atoms with Gasteiger partial charge in [0.2, 0.25) is 0 Å². The Balaban J connectivity index is 1.97. The minimum atomic E-state index is -0.133. The topological polar surface area (TPSA) is 39.4 Å². The Bertz CT molecular complexity index is 636. The summed E-state index contributed by atoms with van der Waals surface area (Å²) in [4.78, 5) is 12.3. The summed E-state index contributed by atoms with van der Waals surface area (Å²) in [5, 5.41) is 0. The van der Waals surface area contributed by atoms with Crippen molar-refractivity contribution in [3.63, 3.8) is 0 Å². The van der Waals surface area contributed by atoms with Gasteiger partial charge in [-0.3, -0.25) is 4.79 Å². The molecule has 2 rings (SSSR count). The van der Waals surface area contributed by atoms with Crippen molar-refractivity contribution in [2.75, 3.05) is 0 Å². The van der Waals surface area contributed by atoms with E-state index in [1.54, 1.807) is 0 Å². The molecule has 0 spiro atoms. The van der Waals surface area contributed by atoms with Crippen LogP contribution >= 0.6 is 0 Å². The first-order valence-corrected chi connectivity index (χ1v) is 7.60. The highest BCUT2D eigenvalue weighted by Crippen LogP contribution is 2.59. The van der Waals surface area contributed by atoms with Gasteiger partial charge in [0.05, 0.1) is 12.3 Å². The molecule has 0 N–H and O–H groups in total. The van der Waals surface area contributed by atoms with Crippen LogP contribution in [0.5, 0.6) is 0 Å². The summed E-state index contributed by atoms with van der Waals surface area (Å²) in [7, 11) is 0. The third kappa shape index (κ3) is 3.27. The van der Waals surface area contributed by atoms with Crippen LogP contribution in [0, 0.1) is 36.5 Å². The fourth-order valence-corrected chi connectivity index (χ4v) is 2.96. The lowest BCUT2D eigenvalue weighted by Crippen LogP contribution is -2.10. The maximum atomic E-state index is 12.3. The van der Waals surface area contributed by atoms with Gasteiger partial charge >= 0.3 is 5.97 Å². The van der Waals surface area contributed by atoms with E-state index in [1.165, 1.54) is 5.57 Å². The smallest absolute Gasteiger partial charge is 0.310 e. The summed E-state index contributed by atoms with van der Waals surface area (Å²) in [5.41, 5.74) is 2.10. The molecule has 1 aliphatic rings. The number of terminal acetylenes is 1. The van der Waals surface area contributed by atoms with E-state index in [0.717, 1.165) is 17.1 Å². The second-order valence-electron chi connectivity index (χ2n) is 6.85. The van der Waals surface area contributed by atoms with E-state index in [4.69, 9.17) is 15.6 Å². The molecule has 3 nitrogen and oxygen atoms in total. The highest BCUT2D eigenvalue weighted by atomic mass is 16.5. The molecule has 1 fully saturated rings. The number of aryl methyl sites for hydroxylation is 1. The van der Waals surface area contributed by atoms with Gasteiger partial charge in [-0.1, -0.05) is 31.4 Å². The predicted molar refractivity (Wildman–Crippen MR) is 86.0 cm³/mol. The van der Waals surface area contributed by atoms with E-state index >= 15 is 0 Å². The highest BCUT2D eigenvalue weighted by molar-refractivity contribution is 5.78. The predicted octanol–water partition coefficient (Wildman–Crippen LogP) is 4.05. The van der Waals surface area contributed by atoms with Gasteiger partial charge in [-0.25, -0.2) is 0 Å². The first-order valence-electron chi connectivity index (χ1n) is 7.60. The van der Waals surface area contributed by atoms with Crippen molar-refractivity contribution in [3.05, 3.63) is 34.8 Å². The molecule has 22 heavy (non-hydrogen) atoms. The Morgan fingerprint density at radius 2 is 2.18 bits per heavy atom. The van der Waals surface area contributed by atoms with Crippen LogP contribution in [0.1, 0.15) is 44.8 Å². The van der Waals surface area contributed by atoms with E-state index in [2.05, 4.69) is 39.7 Å². The maximum absolute atomic E-state index is 12.3. The van der Waals surface area contributed by atoms with E-state index in [9.17, 15) is 4.79 Å². The van der Waals surface area contributed by atoms with Crippen molar-refractivity contribution in [1.29, 1.82) is 0 Å². The van der Waals surface area contributed by atoms with Crippen molar-refractivity contribution in [2.45, 2.75) is 47.6 Å². The lowest BCUT2D eigenvalue weighted by molar-refractivity contribution is -0.147. The standard InChI is InChI=1S/C19H24O3/c1-7-8-15-10-14(13(4)22-15)11-21-18(20)17-16(9-12(2)3)19(17,5)6/h1,9-10,16-17H,8,11H2,2-6H3/t16-,17-/m0/s1. The van der Waals surface area contributed by atoms with Gasteiger partial charge in [-0.2, -0.15) is 0 Å². The molecule has 0 bridgehead atoms. The molecule has 3 heteroatoms.